The molecule has 1 unspecified atom stereocenters. The molecule has 0 saturated carbocycles. The predicted octanol–water partition coefficient (Wildman–Crippen LogP) is 3.26. The molecule has 0 bridgehead atoms. The zero-order valence-corrected chi connectivity index (χ0v) is 8.31. The van der Waals surface area contributed by atoms with Gasteiger partial charge in [0.1, 0.15) is 0 Å². The Morgan fingerprint density at radius 2 is 2.25 bits per heavy atom. The minimum Gasteiger partial charge on any atom is -0.310 e. The van der Waals surface area contributed by atoms with Gasteiger partial charge in [-0.2, -0.15) is 0 Å². The summed E-state index contributed by atoms with van der Waals surface area (Å²) in [6.07, 6.45) is 11.0. The molecule has 1 N–H and O–H groups in total. The van der Waals surface area contributed by atoms with E-state index < -0.39 is 0 Å². The normalized spacial score (nSPS) is 24.2. The van der Waals surface area contributed by atoms with Crippen LogP contribution in [0.3, 0.4) is 0 Å². The largest absolute Gasteiger partial charge is 0.310 e. The van der Waals surface area contributed by atoms with Crippen LogP contribution in [0.1, 0.15) is 58.3 Å². The molecule has 1 saturated heterocycles. The van der Waals surface area contributed by atoms with Crippen LogP contribution < -0.4 is 5.32 Å². The van der Waals surface area contributed by atoms with E-state index in [-0.39, 0.29) is 0 Å². The smallest absolute Gasteiger partial charge is 0.0223 e. The van der Waals surface area contributed by atoms with E-state index in [0.29, 0.717) is 0 Å². The Bertz CT molecular complexity index is 95.2. The van der Waals surface area contributed by atoms with Crippen LogP contribution in [0.5, 0.6) is 0 Å². The molecule has 1 heteroatoms. The van der Waals surface area contributed by atoms with Gasteiger partial charge in [0.05, 0.1) is 0 Å². The van der Waals surface area contributed by atoms with Crippen molar-refractivity contribution in [3.63, 3.8) is 0 Å². The van der Waals surface area contributed by atoms with Crippen molar-refractivity contribution in [1.82, 2.24) is 5.32 Å². The van der Waals surface area contributed by atoms with E-state index in [1.807, 2.05) is 0 Å². The number of nitrogens with one attached hydrogen (secondary N) is 1. The van der Waals surface area contributed by atoms with Gasteiger partial charge in [-0.15, -0.1) is 0 Å². The molecule has 1 fully saturated rings. The van der Waals surface area contributed by atoms with E-state index in [1.54, 1.807) is 0 Å². The number of hydrogen-bond acceptors (Lipinski definition) is 1. The fourth-order valence-corrected chi connectivity index (χ4v) is 1.84. The van der Waals surface area contributed by atoms with E-state index in [4.69, 9.17) is 0 Å². The molecule has 0 aromatic heterocycles. The van der Waals surface area contributed by atoms with E-state index in [0.717, 1.165) is 6.04 Å². The second kappa shape index (κ2) is 6.47. The maximum Gasteiger partial charge on any atom is 0.0223 e. The number of rotatable bonds is 5. The van der Waals surface area contributed by atoms with Gasteiger partial charge in [0, 0.05) is 12.6 Å². The Kier molecular flexibility index (Phi) is 5.42. The highest BCUT2D eigenvalue weighted by molar-refractivity contribution is 4.78. The van der Waals surface area contributed by atoms with Crippen molar-refractivity contribution in [3.8, 4) is 0 Å². The molecule has 12 heavy (non-hydrogen) atoms. The molecular weight excluding hydrogens is 146 g/mol. The highest BCUT2D eigenvalue weighted by atomic mass is 14.9. The van der Waals surface area contributed by atoms with Crippen molar-refractivity contribution in [1.29, 1.82) is 0 Å². The zero-order valence-electron chi connectivity index (χ0n) is 8.31. The summed E-state index contributed by atoms with van der Waals surface area (Å²) < 4.78 is 0. The molecule has 1 rings (SSSR count). The highest BCUT2D eigenvalue weighted by Gasteiger charge is 2.11. The van der Waals surface area contributed by atoms with Gasteiger partial charge in [-0.05, 0) is 19.3 Å². The van der Waals surface area contributed by atoms with Crippen LogP contribution in [0.15, 0.2) is 0 Å². The summed E-state index contributed by atoms with van der Waals surface area (Å²) in [7, 11) is 0. The maximum absolute atomic E-state index is 3.47. The molecule has 0 aromatic carbocycles. The Balaban J connectivity index is 1.91. The van der Waals surface area contributed by atoms with Gasteiger partial charge in [-0.1, -0.05) is 39.0 Å². The van der Waals surface area contributed by atoms with Crippen LogP contribution in [0.4, 0.5) is 0 Å². The standard InChI is InChI=1S/C11H22N/c1-2-3-4-5-8-11-9-6-7-10-12-11/h10-12H,2-9H2,1H3. The second-order valence-corrected chi connectivity index (χ2v) is 3.85. The first kappa shape index (κ1) is 10.0. The van der Waals surface area contributed by atoms with Gasteiger partial charge < -0.3 is 5.32 Å². The van der Waals surface area contributed by atoms with Crippen LogP contribution in [-0.4, -0.2) is 6.04 Å². The first-order chi connectivity index (χ1) is 5.93. The monoisotopic (exact) mass is 168 g/mol. The lowest BCUT2D eigenvalue weighted by atomic mass is 9.99. The van der Waals surface area contributed by atoms with Gasteiger partial charge in [0.2, 0.25) is 0 Å². The van der Waals surface area contributed by atoms with Crippen molar-refractivity contribution in [2.24, 2.45) is 0 Å². The van der Waals surface area contributed by atoms with E-state index in [9.17, 15) is 0 Å². The lowest BCUT2D eigenvalue weighted by Crippen LogP contribution is -2.30. The first-order valence-electron chi connectivity index (χ1n) is 5.51. The molecule has 1 aliphatic rings. The van der Waals surface area contributed by atoms with Crippen LogP contribution in [0.2, 0.25) is 0 Å². The number of piperidine rings is 1. The maximum atomic E-state index is 3.47. The van der Waals surface area contributed by atoms with E-state index in [1.165, 1.54) is 51.4 Å². The molecule has 1 heterocycles. The summed E-state index contributed by atoms with van der Waals surface area (Å²) in [6, 6.07) is 0.801. The summed E-state index contributed by atoms with van der Waals surface area (Å²) >= 11 is 0. The van der Waals surface area contributed by atoms with E-state index in [2.05, 4.69) is 18.8 Å². The molecule has 0 spiro atoms. The second-order valence-electron chi connectivity index (χ2n) is 3.85. The van der Waals surface area contributed by atoms with Crippen molar-refractivity contribution >= 4 is 0 Å². The molecule has 1 radical (unpaired) electrons. The van der Waals surface area contributed by atoms with E-state index >= 15 is 0 Å². The number of hydrogen-bond donors (Lipinski definition) is 1. The lowest BCUT2D eigenvalue weighted by molar-refractivity contribution is 0.405. The predicted molar refractivity (Wildman–Crippen MR) is 53.8 cm³/mol. The van der Waals surface area contributed by atoms with Crippen LogP contribution in [-0.2, 0) is 0 Å². The Labute approximate surface area is 76.9 Å². The van der Waals surface area contributed by atoms with Crippen molar-refractivity contribution < 1.29 is 0 Å². The minimum absolute atomic E-state index is 0.801. The molecule has 0 amide bonds. The summed E-state index contributed by atoms with van der Waals surface area (Å²) in [5, 5.41) is 3.47. The zero-order chi connectivity index (χ0) is 8.65. The third kappa shape index (κ3) is 4.10. The first-order valence-corrected chi connectivity index (χ1v) is 5.51. The van der Waals surface area contributed by atoms with Gasteiger partial charge >= 0.3 is 0 Å². The quantitative estimate of drug-likeness (QED) is 0.621. The molecule has 0 aromatic rings. The fourth-order valence-electron chi connectivity index (χ4n) is 1.84. The van der Waals surface area contributed by atoms with Crippen molar-refractivity contribution in [3.05, 3.63) is 6.54 Å². The van der Waals surface area contributed by atoms with Crippen LogP contribution in [0.25, 0.3) is 0 Å². The van der Waals surface area contributed by atoms with Gasteiger partial charge in [-0.25, -0.2) is 0 Å². The van der Waals surface area contributed by atoms with Crippen LogP contribution in [0, 0.1) is 6.54 Å². The molecule has 1 atom stereocenters. The van der Waals surface area contributed by atoms with Gasteiger partial charge in [-0.3, -0.25) is 0 Å². The summed E-state index contributed by atoms with van der Waals surface area (Å²) in [5.41, 5.74) is 0. The van der Waals surface area contributed by atoms with Gasteiger partial charge in [0.15, 0.2) is 0 Å². The lowest BCUT2D eigenvalue weighted by Gasteiger charge is -2.22. The highest BCUT2D eigenvalue weighted by Crippen LogP contribution is 2.15. The SMILES string of the molecule is CCCCCCC1CCC[CH]N1. The summed E-state index contributed by atoms with van der Waals surface area (Å²) in [6.45, 7) is 4.51. The third-order valence-electron chi connectivity index (χ3n) is 2.66. The molecule has 0 aliphatic carbocycles. The minimum atomic E-state index is 0.801. The third-order valence-corrected chi connectivity index (χ3v) is 2.66. The van der Waals surface area contributed by atoms with Crippen molar-refractivity contribution in [2.45, 2.75) is 64.3 Å². The summed E-state index contributed by atoms with van der Waals surface area (Å²) in [5.74, 6) is 0. The molecule has 71 valence electrons. The number of unbranched alkanes of at least 4 members (excludes halogenated alkanes) is 3. The Hall–Kier alpha value is -0.0400. The summed E-state index contributed by atoms with van der Waals surface area (Å²) in [4.78, 5) is 0. The van der Waals surface area contributed by atoms with Crippen molar-refractivity contribution in [2.75, 3.05) is 0 Å². The van der Waals surface area contributed by atoms with Gasteiger partial charge in [0.25, 0.3) is 0 Å². The fraction of sp³-hybridized carbons (Fsp3) is 0.909. The Morgan fingerprint density at radius 1 is 1.33 bits per heavy atom. The molecule has 1 nitrogen and oxygen atoms in total. The molecular formula is C11H22N. The average Bonchev–Trinajstić information content (AvgIpc) is 2.14. The topological polar surface area (TPSA) is 12.0 Å². The Morgan fingerprint density at radius 3 is 2.92 bits per heavy atom. The molecule has 1 aliphatic heterocycles. The average molecular weight is 168 g/mol. The van der Waals surface area contributed by atoms with Crippen LogP contribution >= 0.6 is 0 Å².